The second kappa shape index (κ2) is 10.9. The van der Waals surface area contributed by atoms with Crippen LogP contribution in [0, 0.1) is 10.1 Å². The molecule has 0 aliphatic rings. The Balaban J connectivity index is 2.10. The first-order valence-electron chi connectivity index (χ1n) is 10.1. The van der Waals surface area contributed by atoms with Crippen LogP contribution in [0.15, 0.2) is 44.7 Å². The summed E-state index contributed by atoms with van der Waals surface area (Å²) in [4.78, 5) is 40.0. The Morgan fingerprint density at radius 2 is 2.06 bits per heavy atom. The maximum atomic E-state index is 13.1. The van der Waals surface area contributed by atoms with Gasteiger partial charge in [0.15, 0.2) is 12.4 Å². The van der Waals surface area contributed by atoms with Crippen molar-refractivity contribution in [2.45, 2.75) is 19.8 Å². The van der Waals surface area contributed by atoms with Crippen molar-refractivity contribution in [2.24, 2.45) is 5.10 Å². The number of carbonyl (C=O) groups is 1. The van der Waals surface area contributed by atoms with Gasteiger partial charge in [0.25, 0.3) is 5.56 Å². The standard InChI is InChI=1S/C22H21BrN4O7/c1-4-5-19-25-16-7-6-14(23)10-15(16)22(29)26(19)24-11-13-8-17(27(30)31)21(18(9-13)32-2)34-12-20(28)33-3/h6-11H,4-5,12H2,1-3H3. The molecule has 0 bridgehead atoms. The zero-order valence-electron chi connectivity index (χ0n) is 18.6. The maximum absolute atomic E-state index is 13.1. The van der Waals surface area contributed by atoms with Crippen molar-refractivity contribution in [2.75, 3.05) is 20.8 Å². The van der Waals surface area contributed by atoms with E-state index >= 15 is 0 Å². The lowest BCUT2D eigenvalue weighted by molar-refractivity contribution is -0.385. The molecule has 1 aromatic heterocycles. The van der Waals surface area contributed by atoms with Gasteiger partial charge in [-0.2, -0.15) is 9.78 Å². The average molecular weight is 533 g/mol. The summed E-state index contributed by atoms with van der Waals surface area (Å²) >= 11 is 3.35. The minimum Gasteiger partial charge on any atom is -0.493 e. The Hall–Kier alpha value is -3.80. The van der Waals surface area contributed by atoms with Gasteiger partial charge >= 0.3 is 11.7 Å². The van der Waals surface area contributed by atoms with E-state index in [-0.39, 0.29) is 22.6 Å². The Kier molecular flexibility index (Phi) is 7.95. The molecule has 0 saturated carbocycles. The number of esters is 1. The number of methoxy groups -OCH3 is 2. The smallest absolute Gasteiger partial charge is 0.343 e. The van der Waals surface area contributed by atoms with E-state index in [1.165, 1.54) is 37.2 Å². The van der Waals surface area contributed by atoms with Crippen molar-refractivity contribution in [3.63, 3.8) is 0 Å². The summed E-state index contributed by atoms with van der Waals surface area (Å²) in [5.74, 6) is -0.462. The Morgan fingerprint density at radius 3 is 2.71 bits per heavy atom. The molecule has 1 heterocycles. The van der Waals surface area contributed by atoms with Gasteiger partial charge in [0.2, 0.25) is 5.75 Å². The highest BCUT2D eigenvalue weighted by molar-refractivity contribution is 9.10. The summed E-state index contributed by atoms with van der Waals surface area (Å²) in [5, 5.41) is 16.3. The van der Waals surface area contributed by atoms with Crippen LogP contribution in [-0.2, 0) is 16.0 Å². The van der Waals surface area contributed by atoms with Crippen LogP contribution in [0.3, 0.4) is 0 Å². The van der Waals surface area contributed by atoms with Crippen LogP contribution in [0.2, 0.25) is 0 Å². The first-order valence-corrected chi connectivity index (χ1v) is 10.9. The van der Waals surface area contributed by atoms with Gasteiger partial charge in [-0.1, -0.05) is 22.9 Å². The quantitative estimate of drug-likeness (QED) is 0.177. The van der Waals surface area contributed by atoms with Crippen molar-refractivity contribution < 1.29 is 23.9 Å². The number of ether oxygens (including phenoxy) is 3. The van der Waals surface area contributed by atoms with Crippen molar-refractivity contribution in [3.8, 4) is 11.5 Å². The van der Waals surface area contributed by atoms with Crippen LogP contribution in [0.25, 0.3) is 10.9 Å². The summed E-state index contributed by atoms with van der Waals surface area (Å²) in [6.07, 6.45) is 2.53. The molecule has 178 valence electrons. The van der Waals surface area contributed by atoms with E-state index in [0.717, 1.165) is 10.9 Å². The van der Waals surface area contributed by atoms with E-state index in [1.807, 2.05) is 6.92 Å². The minimum absolute atomic E-state index is 0.0150. The third-order valence-corrected chi connectivity index (χ3v) is 5.20. The third-order valence-electron chi connectivity index (χ3n) is 4.71. The van der Waals surface area contributed by atoms with Gasteiger partial charge in [-0.25, -0.2) is 9.78 Å². The second-order valence-corrected chi connectivity index (χ2v) is 7.91. The molecule has 0 fully saturated rings. The average Bonchev–Trinajstić information content (AvgIpc) is 2.82. The molecule has 0 unspecified atom stereocenters. The topological polar surface area (TPSA) is 135 Å². The second-order valence-electron chi connectivity index (χ2n) is 6.99. The fourth-order valence-corrected chi connectivity index (χ4v) is 3.49. The zero-order chi connectivity index (χ0) is 24.8. The summed E-state index contributed by atoms with van der Waals surface area (Å²) in [7, 11) is 2.48. The Morgan fingerprint density at radius 1 is 1.29 bits per heavy atom. The SMILES string of the molecule is CCCc1nc2ccc(Br)cc2c(=O)n1N=Cc1cc(OC)c(OCC(=O)OC)c([N+](=O)[O-])c1. The fraction of sp³-hybridized carbons (Fsp3) is 0.273. The molecule has 34 heavy (non-hydrogen) atoms. The number of aromatic nitrogens is 2. The van der Waals surface area contributed by atoms with Crippen LogP contribution in [0.1, 0.15) is 24.7 Å². The number of hydrogen-bond donors (Lipinski definition) is 0. The molecule has 0 spiro atoms. The summed E-state index contributed by atoms with van der Waals surface area (Å²) < 4.78 is 16.9. The van der Waals surface area contributed by atoms with Crippen molar-refractivity contribution in [3.05, 3.63) is 66.7 Å². The molecule has 0 radical (unpaired) electrons. The molecule has 0 amide bonds. The molecule has 0 saturated heterocycles. The van der Waals surface area contributed by atoms with Crippen LogP contribution in [0.4, 0.5) is 5.69 Å². The zero-order valence-corrected chi connectivity index (χ0v) is 20.2. The van der Waals surface area contributed by atoms with E-state index in [4.69, 9.17) is 9.47 Å². The number of aryl methyl sites for hydroxylation is 1. The molecular formula is C22H21BrN4O7. The molecule has 0 N–H and O–H groups in total. The van der Waals surface area contributed by atoms with Gasteiger partial charge in [0.05, 0.1) is 36.3 Å². The van der Waals surface area contributed by atoms with Gasteiger partial charge in [-0.15, -0.1) is 0 Å². The number of nitrogens with zero attached hydrogens (tertiary/aromatic N) is 4. The van der Waals surface area contributed by atoms with Gasteiger partial charge < -0.3 is 14.2 Å². The number of nitro groups is 1. The Bertz CT molecular complexity index is 1340. The van der Waals surface area contributed by atoms with Crippen LogP contribution < -0.4 is 15.0 Å². The lowest BCUT2D eigenvalue weighted by Crippen LogP contribution is -2.22. The van der Waals surface area contributed by atoms with Crippen LogP contribution in [-0.4, -0.2) is 47.6 Å². The number of fused-ring (bicyclic) bond motifs is 1. The maximum Gasteiger partial charge on any atom is 0.343 e. The van der Waals surface area contributed by atoms with E-state index in [2.05, 4.69) is 30.8 Å². The number of halogens is 1. The number of benzene rings is 2. The van der Waals surface area contributed by atoms with Crippen LogP contribution in [0.5, 0.6) is 11.5 Å². The largest absolute Gasteiger partial charge is 0.493 e. The predicted molar refractivity (Wildman–Crippen MR) is 128 cm³/mol. The summed E-state index contributed by atoms with van der Waals surface area (Å²) in [6, 6.07) is 7.85. The summed E-state index contributed by atoms with van der Waals surface area (Å²) in [6.45, 7) is 1.42. The lowest BCUT2D eigenvalue weighted by atomic mass is 10.2. The monoisotopic (exact) mass is 532 g/mol. The lowest BCUT2D eigenvalue weighted by Gasteiger charge is -2.11. The number of carbonyl (C=O) groups excluding carboxylic acids is 1. The van der Waals surface area contributed by atoms with Gasteiger partial charge in [-0.3, -0.25) is 14.9 Å². The third kappa shape index (κ3) is 5.39. The molecule has 0 aliphatic heterocycles. The van der Waals surface area contributed by atoms with Gasteiger partial charge in [0.1, 0.15) is 5.82 Å². The highest BCUT2D eigenvalue weighted by Crippen LogP contribution is 2.38. The molecule has 12 heteroatoms. The normalized spacial score (nSPS) is 11.1. The van der Waals surface area contributed by atoms with E-state index < -0.39 is 23.2 Å². The predicted octanol–water partition coefficient (Wildman–Crippen LogP) is 3.46. The highest BCUT2D eigenvalue weighted by Gasteiger charge is 2.23. The van der Waals surface area contributed by atoms with Gasteiger partial charge in [-0.05, 0) is 30.7 Å². The number of rotatable bonds is 9. The fourth-order valence-electron chi connectivity index (χ4n) is 3.13. The van der Waals surface area contributed by atoms with Crippen molar-refractivity contribution in [1.82, 2.24) is 9.66 Å². The van der Waals surface area contributed by atoms with E-state index in [0.29, 0.717) is 23.1 Å². The molecule has 11 nitrogen and oxygen atoms in total. The number of nitro benzene ring substituents is 1. The highest BCUT2D eigenvalue weighted by atomic mass is 79.9. The molecular weight excluding hydrogens is 512 g/mol. The first kappa shape index (κ1) is 24.8. The first-order chi connectivity index (χ1) is 16.3. The van der Waals surface area contributed by atoms with Crippen molar-refractivity contribution >= 4 is 44.7 Å². The van der Waals surface area contributed by atoms with Crippen LogP contribution >= 0.6 is 15.9 Å². The van der Waals surface area contributed by atoms with Gasteiger partial charge in [0, 0.05) is 22.5 Å². The minimum atomic E-state index is -0.708. The molecule has 0 aliphatic carbocycles. The Labute approximate surface area is 202 Å². The molecule has 2 aromatic carbocycles. The van der Waals surface area contributed by atoms with E-state index in [1.54, 1.807) is 18.2 Å². The number of hydrogen-bond acceptors (Lipinski definition) is 9. The van der Waals surface area contributed by atoms with E-state index in [9.17, 15) is 19.7 Å². The molecule has 3 aromatic rings. The summed E-state index contributed by atoms with van der Waals surface area (Å²) in [5.41, 5.74) is 0.0158. The molecule has 0 atom stereocenters. The van der Waals surface area contributed by atoms with Crippen molar-refractivity contribution in [1.29, 1.82) is 0 Å². The molecule has 3 rings (SSSR count).